The predicted octanol–water partition coefficient (Wildman–Crippen LogP) is 5.87. The lowest BCUT2D eigenvalue weighted by atomic mass is 10.1. The smallest absolute Gasteiger partial charge is 0.273 e. The Bertz CT molecular complexity index is 1580. The molecule has 14 heteroatoms. The molecule has 1 N–H and O–H groups in total. The normalized spacial score (nSPS) is 11.3. The molecule has 3 heterocycles. The van der Waals surface area contributed by atoms with Gasteiger partial charge in [-0.1, -0.05) is 11.6 Å². The average molecular weight is 507 g/mol. The zero-order valence-corrected chi connectivity index (χ0v) is 19.2. The van der Waals surface area contributed by atoms with Gasteiger partial charge in [0.15, 0.2) is 5.82 Å². The van der Waals surface area contributed by atoms with Crippen molar-refractivity contribution in [3.63, 3.8) is 0 Å². The van der Waals surface area contributed by atoms with Gasteiger partial charge in [-0.05, 0) is 52.8 Å². The number of hydrogen-bond donors (Lipinski definition) is 1. The van der Waals surface area contributed by atoms with E-state index in [1.807, 2.05) is 0 Å². The topological polar surface area (TPSA) is 167 Å². The fourth-order valence-corrected chi connectivity index (χ4v) is 3.36. The number of anilines is 2. The zero-order valence-electron chi connectivity index (χ0n) is 18.5. The van der Waals surface area contributed by atoms with Gasteiger partial charge in [-0.2, -0.15) is 10.1 Å². The molecule has 5 rings (SSSR count). The van der Waals surface area contributed by atoms with E-state index in [1.165, 1.54) is 19.2 Å². The van der Waals surface area contributed by atoms with Crippen LogP contribution in [0.1, 0.15) is 5.76 Å². The SMILES string of the molecule is COc1cc([N+](=O)[O-])ccc1-c1ccc(CN=Nc2nc3nonc3nc2Nc2ccc(Cl)cc2)o1. The third-order valence-corrected chi connectivity index (χ3v) is 5.17. The lowest BCUT2D eigenvalue weighted by Crippen LogP contribution is -1.96. The summed E-state index contributed by atoms with van der Waals surface area (Å²) in [6.45, 7) is 0.0897. The van der Waals surface area contributed by atoms with Crippen LogP contribution in [0.15, 0.2) is 73.9 Å². The summed E-state index contributed by atoms with van der Waals surface area (Å²) in [5.41, 5.74) is 1.57. The van der Waals surface area contributed by atoms with Crippen molar-refractivity contribution in [2.45, 2.75) is 6.54 Å². The number of fused-ring (bicyclic) bond motifs is 1. The van der Waals surface area contributed by atoms with Crippen molar-refractivity contribution in [1.82, 2.24) is 20.3 Å². The molecule has 0 bridgehead atoms. The summed E-state index contributed by atoms with van der Waals surface area (Å²) in [7, 11) is 1.43. The van der Waals surface area contributed by atoms with Gasteiger partial charge in [0, 0.05) is 16.8 Å². The van der Waals surface area contributed by atoms with Gasteiger partial charge in [0.05, 0.1) is 23.7 Å². The van der Waals surface area contributed by atoms with E-state index in [4.69, 9.17) is 25.4 Å². The van der Waals surface area contributed by atoms with Crippen molar-refractivity contribution in [1.29, 1.82) is 0 Å². The number of nitrogens with one attached hydrogen (secondary N) is 1. The number of methoxy groups -OCH3 is 1. The van der Waals surface area contributed by atoms with Gasteiger partial charge in [0.2, 0.25) is 17.1 Å². The number of nitrogens with zero attached hydrogens (tertiary/aromatic N) is 7. The van der Waals surface area contributed by atoms with Crippen LogP contribution < -0.4 is 10.1 Å². The minimum atomic E-state index is -0.494. The van der Waals surface area contributed by atoms with E-state index < -0.39 is 4.92 Å². The monoisotopic (exact) mass is 506 g/mol. The minimum Gasteiger partial charge on any atom is -0.496 e. The maximum absolute atomic E-state index is 11.0. The molecule has 180 valence electrons. The highest BCUT2D eigenvalue weighted by Crippen LogP contribution is 2.34. The summed E-state index contributed by atoms with van der Waals surface area (Å²) in [5, 5.41) is 30.5. The lowest BCUT2D eigenvalue weighted by molar-refractivity contribution is -0.384. The summed E-state index contributed by atoms with van der Waals surface area (Å²) in [6.07, 6.45) is 0. The second kappa shape index (κ2) is 9.76. The summed E-state index contributed by atoms with van der Waals surface area (Å²) >= 11 is 5.95. The quantitative estimate of drug-likeness (QED) is 0.152. The number of nitro benzene ring substituents is 1. The summed E-state index contributed by atoms with van der Waals surface area (Å²) in [6, 6.07) is 14.7. The number of aromatic nitrogens is 4. The molecule has 0 saturated carbocycles. The molecule has 2 aromatic carbocycles. The number of azo groups is 1. The van der Waals surface area contributed by atoms with Crippen molar-refractivity contribution < 1.29 is 18.7 Å². The maximum atomic E-state index is 11.0. The Morgan fingerprint density at radius 1 is 1.08 bits per heavy atom. The first kappa shape index (κ1) is 22.9. The second-order valence-electron chi connectivity index (χ2n) is 7.25. The summed E-state index contributed by atoms with van der Waals surface area (Å²) < 4.78 is 15.8. The van der Waals surface area contributed by atoms with Crippen LogP contribution in [0.2, 0.25) is 5.02 Å². The van der Waals surface area contributed by atoms with Crippen LogP contribution in [0, 0.1) is 10.1 Å². The number of rotatable bonds is 8. The molecule has 0 radical (unpaired) electrons. The van der Waals surface area contributed by atoms with Gasteiger partial charge < -0.3 is 14.5 Å². The van der Waals surface area contributed by atoms with E-state index in [2.05, 4.69) is 35.8 Å². The van der Waals surface area contributed by atoms with Crippen LogP contribution in [0.5, 0.6) is 5.75 Å². The van der Waals surface area contributed by atoms with Gasteiger partial charge >= 0.3 is 0 Å². The van der Waals surface area contributed by atoms with Gasteiger partial charge in [-0.3, -0.25) is 10.1 Å². The Morgan fingerprint density at radius 2 is 1.86 bits per heavy atom. The molecular weight excluding hydrogens is 492 g/mol. The molecule has 0 amide bonds. The van der Waals surface area contributed by atoms with Gasteiger partial charge in [-0.15, -0.1) is 5.11 Å². The molecule has 0 aliphatic rings. The maximum Gasteiger partial charge on any atom is 0.273 e. The summed E-state index contributed by atoms with van der Waals surface area (Å²) in [4.78, 5) is 19.2. The average Bonchev–Trinajstić information content (AvgIpc) is 3.54. The van der Waals surface area contributed by atoms with E-state index in [-0.39, 0.29) is 29.3 Å². The van der Waals surface area contributed by atoms with E-state index >= 15 is 0 Å². The van der Waals surface area contributed by atoms with Crippen molar-refractivity contribution in [3.05, 3.63) is 75.5 Å². The van der Waals surface area contributed by atoms with Crippen LogP contribution in [0.25, 0.3) is 22.6 Å². The number of benzene rings is 2. The number of hydrogen-bond acceptors (Lipinski definition) is 12. The third kappa shape index (κ3) is 4.81. The van der Waals surface area contributed by atoms with E-state index in [9.17, 15) is 10.1 Å². The first-order valence-electron chi connectivity index (χ1n) is 10.3. The zero-order chi connectivity index (χ0) is 25.1. The minimum absolute atomic E-state index is 0.0837. The molecule has 0 aliphatic heterocycles. The number of nitro groups is 1. The first-order chi connectivity index (χ1) is 17.5. The van der Waals surface area contributed by atoms with Crippen molar-refractivity contribution in [3.8, 4) is 17.1 Å². The highest BCUT2D eigenvalue weighted by Gasteiger charge is 2.16. The van der Waals surface area contributed by atoms with Crippen LogP contribution in [-0.4, -0.2) is 32.3 Å². The Morgan fingerprint density at radius 3 is 2.61 bits per heavy atom. The van der Waals surface area contributed by atoms with Crippen LogP contribution >= 0.6 is 11.6 Å². The Labute approximate surface area is 206 Å². The molecule has 0 spiro atoms. The highest BCUT2D eigenvalue weighted by molar-refractivity contribution is 6.30. The van der Waals surface area contributed by atoms with E-state index in [0.717, 1.165) is 0 Å². The molecule has 0 atom stereocenters. The molecule has 0 aliphatic carbocycles. The van der Waals surface area contributed by atoms with Gasteiger partial charge in [-0.25, -0.2) is 9.61 Å². The molecular formula is C22H15ClN8O5. The summed E-state index contributed by atoms with van der Waals surface area (Å²) in [5.74, 6) is 1.73. The second-order valence-corrected chi connectivity index (χ2v) is 7.68. The van der Waals surface area contributed by atoms with Crippen LogP contribution in [0.3, 0.4) is 0 Å². The Hall–Kier alpha value is -4.91. The predicted molar refractivity (Wildman–Crippen MR) is 128 cm³/mol. The van der Waals surface area contributed by atoms with Crippen molar-refractivity contribution in [2.75, 3.05) is 12.4 Å². The number of furan rings is 1. The van der Waals surface area contributed by atoms with Gasteiger partial charge in [0.25, 0.3) is 5.69 Å². The first-order valence-corrected chi connectivity index (χ1v) is 10.7. The van der Waals surface area contributed by atoms with Crippen molar-refractivity contribution in [2.24, 2.45) is 10.2 Å². The highest BCUT2D eigenvalue weighted by atomic mass is 35.5. The largest absolute Gasteiger partial charge is 0.496 e. The van der Waals surface area contributed by atoms with Crippen LogP contribution in [-0.2, 0) is 6.54 Å². The molecule has 0 saturated heterocycles. The van der Waals surface area contributed by atoms with E-state index in [0.29, 0.717) is 39.4 Å². The van der Waals surface area contributed by atoms with Crippen LogP contribution in [0.4, 0.5) is 23.0 Å². The molecule has 0 unspecified atom stereocenters. The number of non-ortho nitro benzene ring substituents is 1. The fraction of sp³-hybridized carbons (Fsp3) is 0.0909. The third-order valence-electron chi connectivity index (χ3n) is 4.92. The number of ether oxygens (including phenoxy) is 1. The lowest BCUT2D eigenvalue weighted by Gasteiger charge is -2.06. The molecule has 36 heavy (non-hydrogen) atoms. The van der Waals surface area contributed by atoms with E-state index in [1.54, 1.807) is 42.5 Å². The van der Waals surface area contributed by atoms with Gasteiger partial charge in [0.1, 0.15) is 23.8 Å². The van der Waals surface area contributed by atoms with Crippen molar-refractivity contribution >= 4 is 45.9 Å². The number of halogens is 1. The molecule has 13 nitrogen and oxygen atoms in total. The fourth-order valence-electron chi connectivity index (χ4n) is 3.23. The molecule has 0 fully saturated rings. The Balaban J connectivity index is 1.37. The molecule has 3 aromatic heterocycles. The standard InChI is InChI=1S/C22H15ClN8O5/c1-34-18-10-14(31(32)33)6-8-16(18)17-9-7-15(35-17)11-24-28-20-19(25-13-4-2-12(23)3-5-13)26-21-22(27-20)30-36-29-21/h2-10H,11H2,1H3,(H,25,26,29). The Kier molecular flexibility index (Phi) is 6.19. The molecule has 5 aromatic rings.